The van der Waals surface area contributed by atoms with Crippen molar-refractivity contribution in [2.75, 3.05) is 0 Å². The van der Waals surface area contributed by atoms with Crippen LogP contribution >= 0.6 is 0 Å². The lowest BCUT2D eigenvalue weighted by atomic mass is 10.1. The summed E-state index contributed by atoms with van der Waals surface area (Å²) < 4.78 is 0. The Kier molecular flexibility index (Phi) is 8.50. The molecule has 0 unspecified atom stereocenters. The zero-order valence-corrected chi connectivity index (χ0v) is 16.4. The number of nitrogens with zero attached hydrogens (tertiary/aromatic N) is 2. The Bertz CT molecular complexity index is 759. The van der Waals surface area contributed by atoms with Gasteiger partial charge in [-0.15, -0.1) is 0 Å². The number of aliphatic hydroxyl groups is 1. The summed E-state index contributed by atoms with van der Waals surface area (Å²) in [6, 6.07) is 14.4. The average Bonchev–Trinajstić information content (AvgIpc) is 2.67. The molecule has 0 atom stereocenters. The maximum absolute atomic E-state index is 10.1. The minimum absolute atomic E-state index is 0.0552. The van der Waals surface area contributed by atoms with Gasteiger partial charge in [0.1, 0.15) is 5.76 Å². The predicted molar refractivity (Wildman–Crippen MR) is 115 cm³/mol. The van der Waals surface area contributed by atoms with Gasteiger partial charge in [0.05, 0.1) is 11.4 Å². The van der Waals surface area contributed by atoms with Crippen molar-refractivity contribution in [1.82, 2.24) is 4.98 Å². The number of aliphatic imine (C=N–C) groups is 1. The van der Waals surface area contributed by atoms with Crippen LogP contribution in [0, 0.1) is 5.92 Å². The number of unbranched alkanes of at least 4 members (excludes halogenated alkanes) is 1. The van der Waals surface area contributed by atoms with Crippen molar-refractivity contribution in [2.45, 2.75) is 46.0 Å². The first-order chi connectivity index (χ1) is 13.0. The highest BCUT2D eigenvalue weighted by atomic mass is 16.3. The van der Waals surface area contributed by atoms with Gasteiger partial charge in [0.15, 0.2) is 0 Å². The lowest BCUT2D eigenvalue weighted by molar-refractivity contribution is 0.428. The number of aliphatic hydroxyl groups excluding tert-OH is 1. The first kappa shape index (κ1) is 20.6. The highest BCUT2D eigenvalue weighted by Crippen LogP contribution is 2.13. The van der Waals surface area contributed by atoms with Crippen molar-refractivity contribution in [3.8, 4) is 0 Å². The van der Waals surface area contributed by atoms with Gasteiger partial charge in [-0.1, -0.05) is 63.2 Å². The van der Waals surface area contributed by atoms with E-state index in [2.05, 4.69) is 54.7 Å². The van der Waals surface area contributed by atoms with Crippen LogP contribution in [0.1, 0.15) is 49.9 Å². The van der Waals surface area contributed by atoms with Gasteiger partial charge in [-0.2, -0.15) is 0 Å². The van der Waals surface area contributed by atoms with E-state index in [4.69, 9.17) is 0 Å². The van der Waals surface area contributed by atoms with Crippen LogP contribution in [0.3, 0.4) is 0 Å². The van der Waals surface area contributed by atoms with Gasteiger partial charge in [0.25, 0.3) is 0 Å². The molecule has 0 fully saturated rings. The van der Waals surface area contributed by atoms with Gasteiger partial charge in [0.2, 0.25) is 0 Å². The van der Waals surface area contributed by atoms with Crippen molar-refractivity contribution in [3.05, 3.63) is 83.5 Å². The van der Waals surface area contributed by atoms with Crippen LogP contribution in [0.5, 0.6) is 0 Å². The molecule has 0 amide bonds. The first-order valence-corrected chi connectivity index (χ1v) is 9.66. The molecule has 27 heavy (non-hydrogen) atoms. The van der Waals surface area contributed by atoms with E-state index in [0.717, 1.165) is 25.7 Å². The standard InChI is InChI=1S/C24H30N2O/c1-19(2)9-7-8-16-25-20(3)24(27)17-23-15-14-22(18-26-23)13-12-21-10-5-4-6-11-21/h4-6,10-11,14-19,27H,3,7-9,12-13H2,1-2H3/b24-17-,25-16?. The molecule has 0 aliphatic heterocycles. The molecule has 1 N–H and O–H groups in total. The molecule has 0 saturated heterocycles. The summed E-state index contributed by atoms with van der Waals surface area (Å²) in [6.07, 6.45) is 10.4. The maximum Gasteiger partial charge on any atom is 0.142 e. The first-order valence-electron chi connectivity index (χ1n) is 9.66. The number of hydrogen-bond acceptors (Lipinski definition) is 3. The summed E-state index contributed by atoms with van der Waals surface area (Å²) in [4.78, 5) is 8.65. The molecule has 1 heterocycles. The Morgan fingerprint density at radius 1 is 1.11 bits per heavy atom. The van der Waals surface area contributed by atoms with E-state index >= 15 is 0 Å². The van der Waals surface area contributed by atoms with E-state index in [0.29, 0.717) is 17.3 Å². The number of rotatable bonds is 10. The van der Waals surface area contributed by atoms with E-state index in [1.165, 1.54) is 17.5 Å². The summed E-state index contributed by atoms with van der Waals surface area (Å²) in [5.74, 6) is 0.760. The van der Waals surface area contributed by atoms with Crippen LogP contribution in [-0.4, -0.2) is 16.3 Å². The molecule has 0 saturated carbocycles. The fraction of sp³-hybridized carbons (Fsp3) is 0.333. The molecule has 3 nitrogen and oxygen atoms in total. The van der Waals surface area contributed by atoms with Crippen molar-refractivity contribution >= 4 is 12.3 Å². The minimum Gasteiger partial charge on any atom is -0.506 e. The molecular weight excluding hydrogens is 332 g/mol. The van der Waals surface area contributed by atoms with E-state index in [1.54, 1.807) is 6.08 Å². The lowest BCUT2D eigenvalue weighted by Crippen LogP contribution is -1.93. The number of benzene rings is 1. The van der Waals surface area contributed by atoms with Crippen molar-refractivity contribution < 1.29 is 5.11 Å². The number of aromatic nitrogens is 1. The Balaban J connectivity index is 1.84. The maximum atomic E-state index is 10.1. The topological polar surface area (TPSA) is 45.5 Å². The van der Waals surface area contributed by atoms with Crippen LogP contribution < -0.4 is 0 Å². The Labute approximate surface area is 163 Å². The average molecular weight is 363 g/mol. The van der Waals surface area contributed by atoms with E-state index in [-0.39, 0.29) is 5.76 Å². The molecule has 0 radical (unpaired) electrons. The van der Waals surface area contributed by atoms with Crippen molar-refractivity contribution in [1.29, 1.82) is 0 Å². The molecule has 2 aromatic rings. The second kappa shape index (κ2) is 11.1. The Morgan fingerprint density at radius 2 is 1.85 bits per heavy atom. The summed E-state index contributed by atoms with van der Waals surface area (Å²) in [5.41, 5.74) is 3.57. The molecule has 142 valence electrons. The second-order valence-corrected chi connectivity index (χ2v) is 7.19. The van der Waals surface area contributed by atoms with Crippen LogP contribution in [0.2, 0.25) is 0 Å². The quantitative estimate of drug-likeness (QED) is 0.237. The normalized spacial score (nSPS) is 12.0. The fourth-order valence-corrected chi connectivity index (χ4v) is 2.68. The van der Waals surface area contributed by atoms with Crippen molar-refractivity contribution in [2.24, 2.45) is 10.9 Å². The number of pyridine rings is 1. The third kappa shape index (κ3) is 8.04. The molecule has 0 aliphatic rings. The summed E-state index contributed by atoms with van der Waals surface area (Å²) in [6.45, 7) is 8.25. The largest absolute Gasteiger partial charge is 0.506 e. The zero-order chi connectivity index (χ0) is 19.5. The van der Waals surface area contributed by atoms with E-state index in [1.807, 2.05) is 30.6 Å². The van der Waals surface area contributed by atoms with Gasteiger partial charge in [-0.05, 0) is 48.8 Å². The highest BCUT2D eigenvalue weighted by Gasteiger charge is 2.01. The van der Waals surface area contributed by atoms with Crippen LogP contribution in [-0.2, 0) is 12.8 Å². The van der Waals surface area contributed by atoms with Crippen molar-refractivity contribution in [3.63, 3.8) is 0 Å². The monoisotopic (exact) mass is 362 g/mol. The predicted octanol–water partition coefficient (Wildman–Crippen LogP) is 6.18. The molecular formula is C24H30N2O. The van der Waals surface area contributed by atoms with Crippen LogP contribution in [0.15, 0.2) is 71.7 Å². The van der Waals surface area contributed by atoms with Gasteiger partial charge in [-0.3, -0.25) is 9.98 Å². The van der Waals surface area contributed by atoms with E-state index in [9.17, 15) is 5.11 Å². The summed E-state index contributed by atoms with van der Waals surface area (Å²) in [5, 5.41) is 10.1. The zero-order valence-electron chi connectivity index (χ0n) is 16.4. The van der Waals surface area contributed by atoms with Gasteiger partial charge in [0, 0.05) is 18.5 Å². The van der Waals surface area contributed by atoms with Gasteiger partial charge < -0.3 is 5.11 Å². The highest BCUT2D eigenvalue weighted by molar-refractivity contribution is 5.61. The smallest absolute Gasteiger partial charge is 0.142 e. The molecule has 1 aromatic carbocycles. The molecule has 0 aliphatic carbocycles. The summed E-state index contributed by atoms with van der Waals surface area (Å²) in [7, 11) is 0. The number of aryl methyl sites for hydroxylation is 2. The molecule has 1 aromatic heterocycles. The minimum atomic E-state index is 0.0552. The second-order valence-electron chi connectivity index (χ2n) is 7.19. The van der Waals surface area contributed by atoms with Crippen LogP contribution in [0.4, 0.5) is 0 Å². The summed E-state index contributed by atoms with van der Waals surface area (Å²) >= 11 is 0. The third-order valence-electron chi connectivity index (χ3n) is 4.33. The molecule has 0 bridgehead atoms. The van der Waals surface area contributed by atoms with Gasteiger partial charge >= 0.3 is 0 Å². The molecule has 0 spiro atoms. The number of hydrogen-bond donors (Lipinski definition) is 1. The third-order valence-corrected chi connectivity index (χ3v) is 4.33. The Hall–Kier alpha value is -2.68. The lowest BCUT2D eigenvalue weighted by Gasteiger charge is -2.03. The molecule has 3 heteroatoms. The van der Waals surface area contributed by atoms with Gasteiger partial charge in [-0.25, -0.2) is 0 Å². The van der Waals surface area contributed by atoms with E-state index < -0.39 is 0 Å². The molecule has 2 rings (SSSR count). The van der Waals surface area contributed by atoms with Crippen LogP contribution in [0.25, 0.3) is 6.08 Å². The fourth-order valence-electron chi connectivity index (χ4n) is 2.68. The Morgan fingerprint density at radius 3 is 2.52 bits per heavy atom. The SMILES string of the molecule is C=C(N=CCCCC(C)C)/C(O)=C/c1ccc(CCc2ccccc2)cn1.